The molecule has 22 heavy (non-hydrogen) atoms. The fraction of sp³-hybridized carbons (Fsp3) is 0.0625. The molecule has 0 aliphatic carbocycles. The van der Waals surface area contributed by atoms with E-state index in [1.165, 1.54) is 0 Å². The molecule has 0 radical (unpaired) electrons. The van der Waals surface area contributed by atoms with Crippen LogP contribution < -0.4 is 0 Å². The van der Waals surface area contributed by atoms with Crippen molar-refractivity contribution < 1.29 is 9.21 Å². The number of hydrogen-bond acceptors (Lipinski definition) is 5. The predicted molar refractivity (Wildman–Crippen MR) is 88.4 cm³/mol. The highest BCUT2D eigenvalue weighted by molar-refractivity contribution is 9.10. The summed E-state index contributed by atoms with van der Waals surface area (Å²) in [6, 6.07) is 17.1. The van der Waals surface area contributed by atoms with Crippen LogP contribution in [0.5, 0.6) is 0 Å². The third kappa shape index (κ3) is 3.84. The Morgan fingerprint density at radius 2 is 1.77 bits per heavy atom. The van der Waals surface area contributed by atoms with Gasteiger partial charge in [0, 0.05) is 28.2 Å². The highest BCUT2D eigenvalue weighted by Gasteiger charge is 2.13. The van der Waals surface area contributed by atoms with Crippen molar-refractivity contribution >= 4 is 32.8 Å². The Bertz CT molecular complexity index is 772. The molecule has 0 fully saturated rings. The second kappa shape index (κ2) is 6.89. The maximum atomic E-state index is 12.0. The molecule has 0 aliphatic rings. The zero-order valence-corrected chi connectivity index (χ0v) is 13.8. The molecule has 0 saturated carbocycles. The summed E-state index contributed by atoms with van der Waals surface area (Å²) in [5.41, 5.74) is 1.78. The number of halogens is 1. The van der Waals surface area contributed by atoms with Crippen molar-refractivity contribution in [3.05, 3.63) is 64.6 Å². The van der Waals surface area contributed by atoms with E-state index < -0.39 is 0 Å². The Kier molecular flexibility index (Phi) is 4.70. The maximum absolute atomic E-state index is 12.0. The van der Waals surface area contributed by atoms with Crippen LogP contribution in [0.1, 0.15) is 5.56 Å². The Morgan fingerprint density at radius 3 is 2.50 bits per heavy atom. The van der Waals surface area contributed by atoms with E-state index in [1.807, 2.05) is 54.6 Å². The lowest BCUT2D eigenvalue weighted by Crippen LogP contribution is -1.96. The summed E-state index contributed by atoms with van der Waals surface area (Å²) < 4.78 is 6.50. The van der Waals surface area contributed by atoms with E-state index in [2.05, 4.69) is 26.1 Å². The number of hydrogen-bond donors (Lipinski definition) is 0. The Labute approximate surface area is 140 Å². The first kappa shape index (κ1) is 15.0. The van der Waals surface area contributed by atoms with E-state index in [1.54, 1.807) is 0 Å². The molecule has 0 saturated heterocycles. The number of carbonyl (C=O) groups excluding carboxylic acids is 1. The molecular formula is C16H11BrN2O2S. The highest BCUT2D eigenvalue weighted by atomic mass is 79.9. The Hall–Kier alpha value is -1.92. The summed E-state index contributed by atoms with van der Waals surface area (Å²) in [5, 5.41) is 8.11. The van der Waals surface area contributed by atoms with Crippen LogP contribution in [0.2, 0.25) is 0 Å². The number of nitrogens with zero attached hydrogens (tertiary/aromatic N) is 2. The van der Waals surface area contributed by atoms with E-state index in [0.29, 0.717) is 12.3 Å². The van der Waals surface area contributed by atoms with Gasteiger partial charge in [-0.3, -0.25) is 4.79 Å². The van der Waals surface area contributed by atoms with E-state index in [0.717, 1.165) is 27.4 Å². The van der Waals surface area contributed by atoms with Crippen molar-refractivity contribution in [1.82, 2.24) is 10.2 Å². The van der Waals surface area contributed by atoms with Crippen LogP contribution in [0.15, 0.2) is 68.7 Å². The van der Waals surface area contributed by atoms with E-state index in [9.17, 15) is 4.79 Å². The van der Waals surface area contributed by atoms with Gasteiger partial charge in [-0.05, 0) is 29.8 Å². The van der Waals surface area contributed by atoms with Crippen LogP contribution in [0, 0.1) is 0 Å². The highest BCUT2D eigenvalue weighted by Crippen LogP contribution is 2.25. The molecule has 2 aromatic carbocycles. The number of benzene rings is 2. The predicted octanol–water partition coefficient (Wildman–Crippen LogP) is 4.36. The first-order valence-electron chi connectivity index (χ1n) is 6.55. The lowest BCUT2D eigenvalue weighted by molar-refractivity contribution is -0.110. The van der Waals surface area contributed by atoms with Crippen LogP contribution in [0.25, 0.3) is 11.5 Å². The van der Waals surface area contributed by atoms with Crippen molar-refractivity contribution in [2.24, 2.45) is 0 Å². The molecular weight excluding hydrogens is 364 g/mol. The number of aromatic nitrogens is 2. The third-order valence-electron chi connectivity index (χ3n) is 2.89. The van der Waals surface area contributed by atoms with Gasteiger partial charge in [-0.1, -0.05) is 46.3 Å². The van der Waals surface area contributed by atoms with Crippen molar-refractivity contribution in [1.29, 1.82) is 0 Å². The molecule has 0 amide bonds. The van der Waals surface area contributed by atoms with E-state index in [-0.39, 0.29) is 10.3 Å². The summed E-state index contributed by atoms with van der Waals surface area (Å²) in [5.74, 6) is 0.405. The fourth-order valence-electron chi connectivity index (χ4n) is 1.86. The molecule has 1 heterocycles. The minimum absolute atomic E-state index is 0.0304. The van der Waals surface area contributed by atoms with Gasteiger partial charge in [-0.2, -0.15) is 0 Å². The van der Waals surface area contributed by atoms with Gasteiger partial charge in [0.05, 0.1) is 0 Å². The number of thioether (sulfide) groups is 1. The minimum Gasteiger partial charge on any atom is -0.411 e. The standard InChI is InChI=1S/C16H11BrN2O2S/c17-13-8-6-12(7-9-13)15-18-19-16(21-15)22-14(20)10-11-4-2-1-3-5-11/h1-9H,10H2. The molecule has 0 atom stereocenters. The van der Waals surface area contributed by atoms with Crippen LogP contribution in [0.4, 0.5) is 0 Å². The molecule has 0 spiro atoms. The van der Waals surface area contributed by atoms with Crippen molar-refractivity contribution in [2.75, 3.05) is 0 Å². The topological polar surface area (TPSA) is 56.0 Å². The smallest absolute Gasteiger partial charge is 0.284 e. The Morgan fingerprint density at radius 1 is 1.05 bits per heavy atom. The summed E-state index contributed by atoms with van der Waals surface area (Å²) in [7, 11) is 0. The van der Waals surface area contributed by atoms with Gasteiger partial charge < -0.3 is 4.42 Å². The zero-order valence-electron chi connectivity index (χ0n) is 11.4. The molecule has 1 aromatic heterocycles. The van der Waals surface area contributed by atoms with Gasteiger partial charge in [-0.15, -0.1) is 10.2 Å². The van der Waals surface area contributed by atoms with Gasteiger partial charge in [0.2, 0.25) is 11.0 Å². The quantitative estimate of drug-likeness (QED) is 0.635. The maximum Gasteiger partial charge on any atom is 0.284 e. The van der Waals surface area contributed by atoms with Gasteiger partial charge in [0.25, 0.3) is 5.22 Å². The molecule has 6 heteroatoms. The lowest BCUT2D eigenvalue weighted by atomic mass is 10.2. The molecule has 3 rings (SSSR count). The summed E-state index contributed by atoms with van der Waals surface area (Å²) >= 11 is 4.34. The molecule has 0 N–H and O–H groups in total. The monoisotopic (exact) mass is 374 g/mol. The van der Waals surface area contributed by atoms with Gasteiger partial charge in [-0.25, -0.2) is 0 Å². The average molecular weight is 375 g/mol. The van der Waals surface area contributed by atoms with Crippen LogP contribution >= 0.6 is 27.7 Å². The molecule has 0 aliphatic heterocycles. The van der Waals surface area contributed by atoms with Crippen molar-refractivity contribution in [2.45, 2.75) is 11.6 Å². The largest absolute Gasteiger partial charge is 0.411 e. The fourth-order valence-corrected chi connectivity index (χ4v) is 2.76. The first-order valence-corrected chi connectivity index (χ1v) is 8.16. The molecule has 0 bridgehead atoms. The number of rotatable bonds is 4. The lowest BCUT2D eigenvalue weighted by Gasteiger charge is -1.97. The first-order chi connectivity index (χ1) is 10.7. The molecule has 4 nitrogen and oxygen atoms in total. The SMILES string of the molecule is O=C(Cc1ccccc1)Sc1nnc(-c2ccc(Br)cc2)o1. The Balaban J connectivity index is 1.66. The average Bonchev–Trinajstić information content (AvgIpc) is 2.97. The molecule has 3 aromatic rings. The normalized spacial score (nSPS) is 10.6. The third-order valence-corrected chi connectivity index (χ3v) is 4.13. The summed E-state index contributed by atoms with van der Waals surface area (Å²) in [6.07, 6.45) is 0.335. The summed E-state index contributed by atoms with van der Waals surface area (Å²) in [6.45, 7) is 0. The van der Waals surface area contributed by atoms with E-state index in [4.69, 9.17) is 4.42 Å². The van der Waals surface area contributed by atoms with Gasteiger partial charge >= 0.3 is 0 Å². The molecule has 110 valence electrons. The van der Waals surface area contributed by atoms with Crippen LogP contribution in [-0.2, 0) is 11.2 Å². The molecule has 0 unspecified atom stereocenters. The van der Waals surface area contributed by atoms with Gasteiger partial charge in [0.1, 0.15) is 0 Å². The second-order valence-electron chi connectivity index (χ2n) is 4.52. The minimum atomic E-state index is -0.0304. The van der Waals surface area contributed by atoms with Crippen LogP contribution in [-0.4, -0.2) is 15.3 Å². The number of carbonyl (C=O) groups is 1. The summed E-state index contributed by atoms with van der Waals surface area (Å²) in [4.78, 5) is 12.0. The second-order valence-corrected chi connectivity index (χ2v) is 6.44. The van der Waals surface area contributed by atoms with Gasteiger partial charge in [0.15, 0.2) is 0 Å². The van der Waals surface area contributed by atoms with Crippen LogP contribution in [0.3, 0.4) is 0 Å². The van der Waals surface area contributed by atoms with Crippen molar-refractivity contribution in [3.8, 4) is 11.5 Å². The zero-order chi connectivity index (χ0) is 15.4. The van der Waals surface area contributed by atoms with Crippen molar-refractivity contribution in [3.63, 3.8) is 0 Å². The van der Waals surface area contributed by atoms with E-state index >= 15 is 0 Å².